The van der Waals surface area contributed by atoms with Crippen molar-refractivity contribution in [2.45, 2.75) is 51.4 Å². The fourth-order valence-electron chi connectivity index (χ4n) is 6.50. The molecular formula is C36H39Cl2N5O4. The number of fused-ring (bicyclic) bond motifs is 1. The number of aromatic nitrogens is 2. The summed E-state index contributed by atoms with van der Waals surface area (Å²) in [6.07, 6.45) is 3.59. The topological polar surface area (TPSA) is 109 Å². The summed E-state index contributed by atoms with van der Waals surface area (Å²) in [6, 6.07) is 15.8. The van der Waals surface area contributed by atoms with Crippen molar-refractivity contribution in [3.8, 4) is 45.3 Å². The van der Waals surface area contributed by atoms with Crippen LogP contribution in [-0.4, -0.2) is 71.9 Å². The Hall–Kier alpha value is -3.73. The summed E-state index contributed by atoms with van der Waals surface area (Å²) in [6.45, 7) is 5.22. The molecule has 0 radical (unpaired) electrons. The molecule has 6 rings (SSSR count). The van der Waals surface area contributed by atoms with Crippen molar-refractivity contribution in [2.75, 3.05) is 33.9 Å². The third-order valence-electron chi connectivity index (χ3n) is 8.77. The number of rotatable bonds is 11. The number of amides is 1. The first-order valence-electron chi connectivity index (χ1n) is 15.8. The maximum absolute atomic E-state index is 11.5. The van der Waals surface area contributed by atoms with Crippen molar-refractivity contribution >= 4 is 29.1 Å². The predicted molar refractivity (Wildman–Crippen MR) is 185 cm³/mol. The van der Waals surface area contributed by atoms with E-state index in [9.17, 15) is 9.90 Å². The van der Waals surface area contributed by atoms with Crippen LogP contribution in [0.1, 0.15) is 36.5 Å². The van der Waals surface area contributed by atoms with Crippen LogP contribution in [0.3, 0.4) is 0 Å². The molecule has 246 valence electrons. The van der Waals surface area contributed by atoms with Crippen LogP contribution >= 0.6 is 23.2 Å². The molecule has 11 heteroatoms. The first kappa shape index (κ1) is 33.2. The number of carbonyl (C=O) groups excluding carboxylic acids is 1. The minimum atomic E-state index is -0.403. The van der Waals surface area contributed by atoms with Crippen LogP contribution in [0, 0.1) is 0 Å². The van der Waals surface area contributed by atoms with E-state index in [2.05, 4.69) is 26.6 Å². The lowest BCUT2D eigenvalue weighted by molar-refractivity contribution is -0.119. The number of carbonyl (C=O) groups is 1. The van der Waals surface area contributed by atoms with Crippen LogP contribution < -0.4 is 20.1 Å². The fourth-order valence-corrected chi connectivity index (χ4v) is 7.15. The van der Waals surface area contributed by atoms with Gasteiger partial charge in [0.2, 0.25) is 11.8 Å². The predicted octanol–water partition coefficient (Wildman–Crippen LogP) is 5.91. The van der Waals surface area contributed by atoms with Crippen molar-refractivity contribution in [1.29, 1.82) is 0 Å². The van der Waals surface area contributed by atoms with Gasteiger partial charge in [0.15, 0.2) is 0 Å². The highest BCUT2D eigenvalue weighted by Gasteiger charge is 2.24. The van der Waals surface area contributed by atoms with Gasteiger partial charge in [0.25, 0.3) is 0 Å². The molecule has 47 heavy (non-hydrogen) atoms. The molecule has 0 spiro atoms. The molecule has 1 fully saturated rings. The number of β-amino-alcohol motifs (C(OH)–C–C–N with tert-alkyl or cyclic N) is 1. The third-order valence-corrected chi connectivity index (χ3v) is 9.56. The lowest BCUT2D eigenvalue weighted by Gasteiger charge is -2.31. The number of benzene rings is 2. The van der Waals surface area contributed by atoms with Crippen molar-refractivity contribution < 1.29 is 19.4 Å². The smallest absolute Gasteiger partial charge is 0.220 e. The summed E-state index contributed by atoms with van der Waals surface area (Å²) >= 11 is 14.2. The number of halogens is 2. The van der Waals surface area contributed by atoms with Gasteiger partial charge in [-0.2, -0.15) is 0 Å². The quantitative estimate of drug-likeness (QED) is 0.180. The van der Waals surface area contributed by atoms with Crippen molar-refractivity contribution in [2.24, 2.45) is 0 Å². The highest BCUT2D eigenvalue weighted by molar-refractivity contribution is 6.39. The van der Waals surface area contributed by atoms with Gasteiger partial charge >= 0.3 is 0 Å². The number of pyridine rings is 2. The van der Waals surface area contributed by atoms with Gasteiger partial charge in [0.1, 0.15) is 5.75 Å². The van der Waals surface area contributed by atoms with Crippen LogP contribution in [0.15, 0.2) is 54.7 Å². The van der Waals surface area contributed by atoms with Crippen molar-refractivity contribution in [3.63, 3.8) is 0 Å². The lowest BCUT2D eigenvalue weighted by Crippen LogP contribution is -2.35. The summed E-state index contributed by atoms with van der Waals surface area (Å²) in [4.78, 5) is 23.2. The molecule has 2 atom stereocenters. The highest BCUT2D eigenvalue weighted by atomic mass is 35.5. The zero-order valence-electron chi connectivity index (χ0n) is 26.8. The van der Waals surface area contributed by atoms with Gasteiger partial charge in [-0.1, -0.05) is 47.5 Å². The third kappa shape index (κ3) is 7.24. The van der Waals surface area contributed by atoms with E-state index < -0.39 is 6.10 Å². The van der Waals surface area contributed by atoms with E-state index in [1.807, 2.05) is 49.4 Å². The molecular weight excluding hydrogens is 637 g/mol. The first-order chi connectivity index (χ1) is 22.7. The van der Waals surface area contributed by atoms with E-state index in [4.69, 9.17) is 37.7 Å². The molecule has 0 aliphatic carbocycles. The van der Waals surface area contributed by atoms with Gasteiger partial charge < -0.3 is 25.2 Å². The number of hydrogen-bond donors (Lipinski definition) is 3. The van der Waals surface area contributed by atoms with Gasteiger partial charge in [-0.15, -0.1) is 0 Å². The number of hydrogen-bond acceptors (Lipinski definition) is 8. The number of aliphatic hydroxyl groups excluding tert-OH is 1. The molecule has 1 amide bonds. The molecule has 2 aromatic heterocycles. The fraction of sp³-hybridized carbons (Fsp3) is 0.361. The molecule has 2 aliphatic rings. The zero-order chi connectivity index (χ0) is 33.1. The Morgan fingerprint density at radius 3 is 2.62 bits per heavy atom. The average Bonchev–Trinajstić information content (AvgIpc) is 3.49. The summed E-state index contributed by atoms with van der Waals surface area (Å²) < 4.78 is 11.5. The van der Waals surface area contributed by atoms with Gasteiger partial charge in [-0.25, -0.2) is 4.98 Å². The monoisotopic (exact) mass is 675 g/mol. The molecule has 9 nitrogen and oxygen atoms in total. The SMILES string of the molecule is COc1cc(-c2nccc(-c3cccc(-c4ccc(CNC[C@H]5CCC(=O)N5)c(OC)n4)c3Cl)c2Cl)cc2c1CCN(C[C@@H](C)O)C2. The second kappa shape index (κ2) is 14.6. The second-order valence-electron chi connectivity index (χ2n) is 12.1. The Kier molecular flexibility index (Phi) is 10.3. The highest BCUT2D eigenvalue weighted by Crippen LogP contribution is 2.43. The Morgan fingerprint density at radius 2 is 1.87 bits per heavy atom. The summed E-state index contributed by atoms with van der Waals surface area (Å²) in [5.41, 5.74) is 7.64. The Balaban J connectivity index is 1.28. The van der Waals surface area contributed by atoms with Crippen molar-refractivity contribution in [1.82, 2.24) is 25.5 Å². The number of nitrogens with one attached hydrogen (secondary N) is 2. The van der Waals surface area contributed by atoms with E-state index in [0.29, 0.717) is 59.9 Å². The summed E-state index contributed by atoms with van der Waals surface area (Å²) in [5.74, 6) is 1.41. The van der Waals surface area contributed by atoms with Gasteiger partial charge in [0, 0.05) is 79.2 Å². The minimum Gasteiger partial charge on any atom is -0.496 e. The maximum Gasteiger partial charge on any atom is 0.220 e. The standard InChI is InChI=1S/C36H39Cl2N5O4/c1-21(44)19-43-14-12-26-24(20-43)15-23(16-31(26)46-2)35-34(38)28(11-13-40-35)27-5-4-6-29(33(27)37)30-9-7-22(36(42-30)47-3)17-39-18-25-8-10-32(45)41-25/h4-7,9,11,13,15-16,21,25,39,44H,8,10,12,14,17-20H2,1-3H3,(H,41,45)/t21-,25-/m1/s1. The summed E-state index contributed by atoms with van der Waals surface area (Å²) in [7, 11) is 3.28. The lowest BCUT2D eigenvalue weighted by atomic mass is 9.93. The summed E-state index contributed by atoms with van der Waals surface area (Å²) in [5, 5.41) is 17.3. The van der Waals surface area contributed by atoms with Crippen LogP contribution in [0.2, 0.25) is 10.0 Å². The molecule has 4 aromatic rings. The van der Waals surface area contributed by atoms with E-state index in [-0.39, 0.29) is 11.9 Å². The molecule has 0 unspecified atom stereocenters. The Bertz CT molecular complexity index is 1780. The number of nitrogens with zero attached hydrogens (tertiary/aromatic N) is 3. The Labute approximate surface area is 285 Å². The van der Waals surface area contributed by atoms with Crippen LogP contribution in [0.25, 0.3) is 33.6 Å². The van der Waals surface area contributed by atoms with Gasteiger partial charge in [-0.3, -0.25) is 14.7 Å². The number of ether oxygens (including phenoxy) is 2. The maximum atomic E-state index is 11.5. The molecule has 2 aliphatic heterocycles. The van der Waals surface area contributed by atoms with E-state index in [0.717, 1.165) is 58.5 Å². The number of aliphatic hydroxyl groups is 1. The number of methoxy groups -OCH3 is 2. The van der Waals surface area contributed by atoms with E-state index >= 15 is 0 Å². The second-order valence-corrected chi connectivity index (χ2v) is 12.9. The minimum absolute atomic E-state index is 0.101. The largest absolute Gasteiger partial charge is 0.496 e. The zero-order valence-corrected chi connectivity index (χ0v) is 28.3. The molecule has 0 bridgehead atoms. The normalized spacial score (nSPS) is 16.9. The van der Waals surface area contributed by atoms with Crippen LogP contribution in [0.4, 0.5) is 0 Å². The molecule has 3 N–H and O–H groups in total. The molecule has 2 aromatic carbocycles. The van der Waals surface area contributed by atoms with Crippen LogP contribution in [0.5, 0.6) is 11.6 Å². The van der Waals surface area contributed by atoms with Gasteiger partial charge in [0.05, 0.1) is 41.8 Å². The van der Waals surface area contributed by atoms with Gasteiger partial charge in [-0.05, 0) is 55.2 Å². The van der Waals surface area contributed by atoms with E-state index in [1.54, 1.807) is 20.4 Å². The molecule has 4 heterocycles. The molecule has 0 saturated carbocycles. The average molecular weight is 677 g/mol. The van der Waals surface area contributed by atoms with Crippen LogP contribution in [-0.2, 0) is 24.3 Å². The first-order valence-corrected chi connectivity index (χ1v) is 16.6. The Morgan fingerprint density at radius 1 is 1.06 bits per heavy atom. The van der Waals surface area contributed by atoms with E-state index in [1.165, 1.54) is 5.56 Å². The van der Waals surface area contributed by atoms with Crippen molar-refractivity contribution in [3.05, 3.63) is 81.5 Å². The molecule has 1 saturated heterocycles.